The molecule has 0 spiro atoms. The number of carboxylic acids is 1. The minimum absolute atomic E-state index is 0.0591. The molecule has 5 heteroatoms. The van der Waals surface area contributed by atoms with Gasteiger partial charge in [-0.1, -0.05) is 20.8 Å². The molecule has 1 heterocycles. The van der Waals surface area contributed by atoms with Gasteiger partial charge in [-0.2, -0.15) is 0 Å². The van der Waals surface area contributed by atoms with E-state index in [9.17, 15) is 19.5 Å². The first-order valence-electron chi connectivity index (χ1n) is 8.19. The SMILES string of the molecule is CC12CCC(C(=O)N3CCC(C(=O)[O-])CC3)(CC1=O)C2(C)C. The van der Waals surface area contributed by atoms with E-state index in [-0.39, 0.29) is 17.1 Å². The summed E-state index contributed by atoms with van der Waals surface area (Å²) in [7, 11) is 0. The number of ketones is 1. The van der Waals surface area contributed by atoms with Crippen molar-refractivity contribution in [3.63, 3.8) is 0 Å². The van der Waals surface area contributed by atoms with Crippen LogP contribution in [0.2, 0.25) is 0 Å². The predicted octanol–water partition coefficient (Wildman–Crippen LogP) is 0.760. The predicted molar refractivity (Wildman–Crippen MR) is 77.5 cm³/mol. The molecule has 22 heavy (non-hydrogen) atoms. The van der Waals surface area contributed by atoms with Gasteiger partial charge in [-0.05, 0) is 31.1 Å². The highest BCUT2D eigenvalue weighted by Gasteiger charge is 2.73. The molecule has 3 fully saturated rings. The van der Waals surface area contributed by atoms with Crippen molar-refractivity contribution in [1.29, 1.82) is 0 Å². The standard InChI is InChI=1S/C17H25NO4/c1-15(2)16(3)6-7-17(15,10-12(16)19)14(22)18-8-4-11(5-9-18)13(20)21/h11H,4-10H2,1-3H3,(H,20,21)/p-1. The number of piperidine rings is 1. The van der Waals surface area contributed by atoms with Crippen molar-refractivity contribution >= 4 is 17.7 Å². The summed E-state index contributed by atoms with van der Waals surface area (Å²) in [6.45, 7) is 7.02. The van der Waals surface area contributed by atoms with Crippen LogP contribution in [0.15, 0.2) is 0 Å². The zero-order chi connectivity index (χ0) is 16.3. The van der Waals surface area contributed by atoms with Crippen LogP contribution in [0.3, 0.4) is 0 Å². The summed E-state index contributed by atoms with van der Waals surface area (Å²) < 4.78 is 0. The van der Waals surface area contributed by atoms with Crippen LogP contribution in [-0.4, -0.2) is 35.6 Å². The van der Waals surface area contributed by atoms with Gasteiger partial charge in [-0.25, -0.2) is 0 Å². The average Bonchev–Trinajstić information content (AvgIpc) is 2.77. The van der Waals surface area contributed by atoms with Crippen LogP contribution in [-0.2, 0) is 14.4 Å². The van der Waals surface area contributed by atoms with Gasteiger partial charge in [0.05, 0.1) is 5.41 Å². The Bertz CT molecular complexity index is 547. The molecule has 122 valence electrons. The number of Topliss-reactive ketones (excluding diaryl/α,β-unsaturated/α-hetero) is 1. The topological polar surface area (TPSA) is 77.5 Å². The number of amides is 1. The molecule has 2 saturated carbocycles. The molecule has 1 saturated heterocycles. The Balaban J connectivity index is 1.82. The van der Waals surface area contributed by atoms with E-state index in [4.69, 9.17) is 0 Å². The van der Waals surface area contributed by atoms with E-state index in [0.29, 0.717) is 32.4 Å². The molecule has 2 bridgehead atoms. The van der Waals surface area contributed by atoms with Gasteiger partial charge < -0.3 is 14.8 Å². The molecule has 2 aliphatic carbocycles. The molecule has 0 aromatic rings. The fraction of sp³-hybridized carbons (Fsp3) is 0.824. The normalized spacial score (nSPS) is 37.6. The number of carbonyl (C=O) groups is 3. The number of aliphatic carboxylic acids is 1. The number of hydrogen-bond acceptors (Lipinski definition) is 4. The van der Waals surface area contributed by atoms with Crippen molar-refractivity contribution in [3.05, 3.63) is 0 Å². The summed E-state index contributed by atoms with van der Waals surface area (Å²) in [6.07, 6.45) is 2.79. The van der Waals surface area contributed by atoms with E-state index < -0.39 is 22.7 Å². The minimum Gasteiger partial charge on any atom is -0.550 e. The van der Waals surface area contributed by atoms with Crippen LogP contribution >= 0.6 is 0 Å². The molecule has 0 radical (unpaired) electrons. The lowest BCUT2D eigenvalue weighted by Gasteiger charge is -2.43. The highest BCUT2D eigenvalue weighted by molar-refractivity contribution is 5.99. The van der Waals surface area contributed by atoms with E-state index in [1.54, 1.807) is 4.90 Å². The summed E-state index contributed by atoms with van der Waals surface area (Å²) in [5.41, 5.74) is -1.32. The van der Waals surface area contributed by atoms with Gasteiger partial charge in [-0.15, -0.1) is 0 Å². The van der Waals surface area contributed by atoms with Crippen LogP contribution < -0.4 is 5.11 Å². The molecular weight excluding hydrogens is 282 g/mol. The number of fused-ring (bicyclic) bond motifs is 2. The number of carbonyl (C=O) groups excluding carboxylic acids is 3. The highest BCUT2D eigenvalue weighted by Crippen LogP contribution is 2.71. The van der Waals surface area contributed by atoms with E-state index >= 15 is 0 Å². The third kappa shape index (κ3) is 1.68. The highest BCUT2D eigenvalue weighted by atomic mass is 16.4. The number of rotatable bonds is 2. The number of nitrogens with zero attached hydrogens (tertiary/aromatic N) is 1. The quantitative estimate of drug-likeness (QED) is 0.754. The van der Waals surface area contributed by atoms with Gasteiger partial charge in [-0.3, -0.25) is 9.59 Å². The van der Waals surface area contributed by atoms with Crippen LogP contribution in [0.1, 0.15) is 52.9 Å². The third-order valence-electron chi connectivity index (χ3n) is 7.23. The summed E-state index contributed by atoms with van der Waals surface area (Å²) in [4.78, 5) is 38.3. The number of hydrogen-bond donors (Lipinski definition) is 0. The lowest BCUT2D eigenvalue weighted by Crippen LogP contribution is -2.52. The maximum Gasteiger partial charge on any atom is 0.229 e. The Morgan fingerprint density at radius 1 is 1.14 bits per heavy atom. The lowest BCUT2D eigenvalue weighted by atomic mass is 9.64. The largest absolute Gasteiger partial charge is 0.550 e. The minimum atomic E-state index is -1.02. The summed E-state index contributed by atoms with van der Waals surface area (Å²) in [6, 6.07) is 0. The summed E-state index contributed by atoms with van der Waals surface area (Å²) in [5.74, 6) is -1.20. The average molecular weight is 306 g/mol. The maximum atomic E-state index is 13.2. The van der Waals surface area contributed by atoms with Gasteiger partial charge in [0.2, 0.25) is 5.91 Å². The summed E-state index contributed by atoms with van der Waals surface area (Å²) in [5, 5.41) is 10.9. The van der Waals surface area contributed by atoms with E-state index in [1.165, 1.54) is 0 Å². The summed E-state index contributed by atoms with van der Waals surface area (Å²) >= 11 is 0. The third-order valence-corrected chi connectivity index (χ3v) is 7.23. The lowest BCUT2D eigenvalue weighted by molar-refractivity contribution is -0.312. The first kappa shape index (κ1) is 15.5. The molecule has 5 nitrogen and oxygen atoms in total. The smallest absolute Gasteiger partial charge is 0.229 e. The second kappa shape index (κ2) is 4.56. The Hall–Kier alpha value is -1.39. The van der Waals surface area contributed by atoms with Crippen molar-refractivity contribution in [3.8, 4) is 0 Å². The fourth-order valence-electron chi connectivity index (χ4n) is 4.95. The molecule has 3 rings (SSSR count). The maximum absolute atomic E-state index is 13.2. The van der Waals surface area contributed by atoms with Gasteiger partial charge in [0.25, 0.3) is 0 Å². The Kier molecular flexibility index (Phi) is 3.21. The molecular formula is C17H24NO4-. The molecule has 3 aliphatic rings. The first-order chi connectivity index (χ1) is 10.2. The van der Waals surface area contributed by atoms with E-state index in [2.05, 4.69) is 13.8 Å². The van der Waals surface area contributed by atoms with Gasteiger partial charge in [0.15, 0.2) is 0 Å². The van der Waals surface area contributed by atoms with E-state index in [1.807, 2.05) is 6.92 Å². The zero-order valence-corrected chi connectivity index (χ0v) is 13.6. The second-order valence-corrected chi connectivity index (χ2v) is 8.02. The van der Waals surface area contributed by atoms with Crippen LogP contribution in [0.4, 0.5) is 0 Å². The van der Waals surface area contributed by atoms with Crippen molar-refractivity contribution in [2.24, 2.45) is 22.2 Å². The molecule has 0 N–H and O–H groups in total. The zero-order valence-electron chi connectivity index (χ0n) is 13.6. The molecule has 1 amide bonds. The second-order valence-electron chi connectivity index (χ2n) is 8.02. The van der Waals surface area contributed by atoms with E-state index in [0.717, 1.165) is 12.8 Å². The van der Waals surface area contributed by atoms with Gasteiger partial charge in [0, 0.05) is 36.8 Å². The van der Waals surface area contributed by atoms with Gasteiger partial charge >= 0.3 is 0 Å². The molecule has 2 atom stereocenters. The van der Waals surface area contributed by atoms with Crippen molar-refractivity contribution < 1.29 is 19.5 Å². The molecule has 1 aliphatic heterocycles. The molecule has 0 aromatic heterocycles. The molecule has 0 aromatic carbocycles. The van der Waals surface area contributed by atoms with Crippen LogP contribution in [0.25, 0.3) is 0 Å². The monoisotopic (exact) mass is 306 g/mol. The number of likely N-dealkylation sites (tertiary alicyclic amines) is 1. The van der Waals surface area contributed by atoms with Crippen LogP contribution in [0, 0.1) is 22.2 Å². The number of carboxylic acid groups (broad SMARTS) is 1. The Labute approximate surface area is 131 Å². The molecule has 2 unspecified atom stereocenters. The van der Waals surface area contributed by atoms with Crippen molar-refractivity contribution in [1.82, 2.24) is 4.90 Å². The van der Waals surface area contributed by atoms with Crippen LogP contribution in [0.5, 0.6) is 0 Å². The Morgan fingerprint density at radius 3 is 2.14 bits per heavy atom. The first-order valence-corrected chi connectivity index (χ1v) is 8.19. The van der Waals surface area contributed by atoms with Crippen molar-refractivity contribution in [2.75, 3.05) is 13.1 Å². The van der Waals surface area contributed by atoms with Crippen molar-refractivity contribution in [2.45, 2.75) is 52.9 Å². The Morgan fingerprint density at radius 2 is 1.73 bits per heavy atom. The fourth-order valence-corrected chi connectivity index (χ4v) is 4.95. The van der Waals surface area contributed by atoms with Gasteiger partial charge in [0.1, 0.15) is 5.78 Å².